The van der Waals surface area contributed by atoms with Crippen molar-refractivity contribution in [2.45, 2.75) is 66.2 Å². The molecule has 11 heteroatoms. The Kier molecular flexibility index (Phi) is 8.46. The number of aryl methyl sites for hydroxylation is 2. The molecule has 0 saturated heterocycles. The van der Waals surface area contributed by atoms with Gasteiger partial charge >= 0.3 is 0 Å². The third kappa shape index (κ3) is 5.75. The van der Waals surface area contributed by atoms with Crippen molar-refractivity contribution in [3.63, 3.8) is 0 Å². The van der Waals surface area contributed by atoms with Crippen molar-refractivity contribution in [1.29, 1.82) is 0 Å². The Hall–Kier alpha value is -1.72. The average Bonchev–Trinajstić information content (AvgIpc) is 3.24. The van der Waals surface area contributed by atoms with E-state index in [0.29, 0.717) is 63.1 Å². The number of nitrogens with zero attached hydrogens (tertiary/aromatic N) is 4. The zero-order valence-corrected chi connectivity index (χ0v) is 20.9. The van der Waals surface area contributed by atoms with E-state index in [1.165, 1.54) is 0 Å². The molecule has 0 aromatic carbocycles. The van der Waals surface area contributed by atoms with Gasteiger partial charge in [-0.05, 0) is 38.5 Å². The van der Waals surface area contributed by atoms with E-state index in [-0.39, 0.29) is 0 Å². The zero-order chi connectivity index (χ0) is 23.4. The van der Waals surface area contributed by atoms with Crippen molar-refractivity contribution in [3.05, 3.63) is 33.9 Å². The van der Waals surface area contributed by atoms with Crippen molar-refractivity contribution in [3.8, 4) is 0 Å². The highest BCUT2D eigenvalue weighted by Gasteiger charge is 2.22. The molecule has 0 aliphatic heterocycles. The normalized spacial score (nSPS) is 12.6. The lowest BCUT2D eigenvalue weighted by Gasteiger charge is -2.09. The van der Waals surface area contributed by atoms with Gasteiger partial charge in [-0.15, -0.1) is 0 Å². The van der Waals surface area contributed by atoms with Gasteiger partial charge in [-0.1, -0.05) is 27.7 Å². The van der Waals surface area contributed by atoms with Gasteiger partial charge in [0.1, 0.15) is 0 Å². The summed E-state index contributed by atoms with van der Waals surface area (Å²) in [7, 11) is -6.89. The molecule has 0 atom stereocenters. The van der Waals surface area contributed by atoms with Crippen LogP contribution in [0.15, 0.2) is 0 Å². The predicted octanol–water partition coefficient (Wildman–Crippen LogP) is 1.75. The lowest BCUT2D eigenvalue weighted by molar-refractivity contribution is 0.140. The highest BCUT2D eigenvalue weighted by Crippen LogP contribution is 2.20. The Balaban J connectivity index is 2.10. The van der Waals surface area contributed by atoms with Crippen LogP contribution >= 0.6 is 0 Å². The summed E-state index contributed by atoms with van der Waals surface area (Å²) in [6.45, 7) is 8.60. The van der Waals surface area contributed by atoms with E-state index in [9.17, 15) is 16.8 Å². The summed E-state index contributed by atoms with van der Waals surface area (Å²) in [5, 5.41) is 8.59. The lowest BCUT2D eigenvalue weighted by atomic mass is 10.1. The summed E-state index contributed by atoms with van der Waals surface area (Å²) in [6, 6.07) is 0. The molecule has 0 spiro atoms. The van der Waals surface area contributed by atoms with Gasteiger partial charge < -0.3 is 4.74 Å². The number of ether oxygens (including phenoxy) is 1. The molecule has 2 aromatic heterocycles. The molecule has 9 nitrogen and oxygen atoms in total. The molecule has 0 aliphatic rings. The van der Waals surface area contributed by atoms with Crippen LogP contribution in [0.1, 0.15) is 61.6 Å². The summed E-state index contributed by atoms with van der Waals surface area (Å²) in [5.41, 5.74) is 4.84. The molecule has 2 heterocycles. The molecule has 0 radical (unpaired) electrons. The minimum atomic E-state index is -3.45. The van der Waals surface area contributed by atoms with Crippen molar-refractivity contribution < 1.29 is 21.6 Å². The number of hydrogen-bond donors (Lipinski definition) is 0. The molecular formula is C20H34N4O5S2. The first-order valence-corrected chi connectivity index (χ1v) is 14.4. The van der Waals surface area contributed by atoms with Crippen LogP contribution in [0.5, 0.6) is 0 Å². The van der Waals surface area contributed by atoms with Crippen molar-refractivity contribution in [2.75, 3.05) is 25.7 Å². The van der Waals surface area contributed by atoms with E-state index in [1.54, 1.807) is 0 Å². The second-order valence-corrected chi connectivity index (χ2v) is 11.1. The predicted molar refractivity (Wildman–Crippen MR) is 121 cm³/mol. The Labute approximate surface area is 185 Å². The summed E-state index contributed by atoms with van der Waals surface area (Å²) in [4.78, 5) is 0. The van der Waals surface area contributed by atoms with Gasteiger partial charge in [0, 0.05) is 11.1 Å². The van der Waals surface area contributed by atoms with E-state index in [1.807, 2.05) is 27.7 Å². The van der Waals surface area contributed by atoms with Gasteiger partial charge in [-0.25, -0.2) is 16.8 Å². The molecule has 0 saturated carbocycles. The van der Waals surface area contributed by atoms with Gasteiger partial charge in [0.25, 0.3) is 20.0 Å². The maximum Gasteiger partial charge on any atom is 0.251 e. The molecule has 176 valence electrons. The monoisotopic (exact) mass is 474 g/mol. The minimum Gasteiger partial charge on any atom is -0.381 e. The molecule has 0 amide bonds. The van der Waals surface area contributed by atoms with Crippen molar-refractivity contribution in [2.24, 2.45) is 0 Å². The molecule has 31 heavy (non-hydrogen) atoms. The lowest BCUT2D eigenvalue weighted by Crippen LogP contribution is -2.15. The number of hydrogen-bond acceptors (Lipinski definition) is 7. The van der Waals surface area contributed by atoms with Crippen LogP contribution in [-0.2, 0) is 63.3 Å². The largest absolute Gasteiger partial charge is 0.381 e. The highest BCUT2D eigenvalue weighted by atomic mass is 32.2. The molecule has 0 unspecified atom stereocenters. The fourth-order valence-corrected chi connectivity index (χ4v) is 5.64. The topological polar surface area (TPSA) is 113 Å². The smallest absolute Gasteiger partial charge is 0.251 e. The van der Waals surface area contributed by atoms with E-state index < -0.39 is 20.0 Å². The molecule has 0 aliphatic carbocycles. The molecule has 0 fully saturated rings. The van der Waals surface area contributed by atoms with Crippen LogP contribution in [0.4, 0.5) is 0 Å². The van der Waals surface area contributed by atoms with Crippen LogP contribution in [0, 0.1) is 0 Å². The van der Waals surface area contributed by atoms with Crippen molar-refractivity contribution >= 4 is 20.0 Å². The number of rotatable bonds is 12. The summed E-state index contributed by atoms with van der Waals surface area (Å²) in [5.74, 6) is 0. The summed E-state index contributed by atoms with van der Waals surface area (Å²) >= 11 is 0. The van der Waals surface area contributed by atoms with Gasteiger partial charge in [-0.3, -0.25) is 0 Å². The number of aromatic nitrogens is 4. The minimum absolute atomic E-state index is 0.429. The third-order valence-corrected chi connectivity index (χ3v) is 7.10. The molecule has 2 aromatic rings. The van der Waals surface area contributed by atoms with E-state index in [2.05, 4.69) is 10.2 Å². The van der Waals surface area contributed by atoms with E-state index >= 15 is 0 Å². The molecule has 0 N–H and O–H groups in total. The van der Waals surface area contributed by atoms with Gasteiger partial charge in [0.2, 0.25) is 0 Å². The molecular weight excluding hydrogens is 440 g/mol. The van der Waals surface area contributed by atoms with Crippen LogP contribution in [0.2, 0.25) is 0 Å². The fraction of sp³-hybridized carbons (Fsp3) is 0.700. The Morgan fingerprint density at radius 3 is 1.29 bits per heavy atom. The molecule has 2 rings (SSSR count). The first-order valence-electron chi connectivity index (χ1n) is 10.7. The summed E-state index contributed by atoms with van der Waals surface area (Å²) in [6.07, 6.45) is 5.90. The van der Waals surface area contributed by atoms with Gasteiger partial charge in [0.15, 0.2) is 0 Å². The standard InChI is InChI=1S/C20H34N4O5S2/c1-7-17-15(19(9-3)23(21-17)30(5,25)26)11-13-29-14-12-16-18(8-2)22-24(20(16)10-4)31(6,27)28/h7-14H2,1-6H3. The Bertz CT molecular complexity index is 1030. The van der Waals surface area contributed by atoms with Gasteiger partial charge in [0.05, 0.1) is 48.5 Å². The third-order valence-electron chi connectivity index (χ3n) is 5.24. The fourth-order valence-electron chi connectivity index (χ4n) is 3.87. The first-order chi connectivity index (χ1) is 14.5. The van der Waals surface area contributed by atoms with Crippen molar-refractivity contribution in [1.82, 2.24) is 18.4 Å². The quantitative estimate of drug-likeness (QED) is 0.431. The zero-order valence-electron chi connectivity index (χ0n) is 19.3. The van der Waals surface area contributed by atoms with Gasteiger partial charge in [-0.2, -0.15) is 18.4 Å². The maximum absolute atomic E-state index is 12.0. The second-order valence-electron chi connectivity index (χ2n) is 7.48. The average molecular weight is 475 g/mol. The second kappa shape index (κ2) is 10.3. The van der Waals surface area contributed by atoms with Crippen LogP contribution < -0.4 is 0 Å². The van der Waals surface area contributed by atoms with E-state index in [4.69, 9.17) is 4.74 Å². The first kappa shape index (κ1) is 25.5. The van der Waals surface area contributed by atoms with Crippen LogP contribution in [-0.4, -0.2) is 60.9 Å². The van der Waals surface area contributed by atoms with Crippen LogP contribution in [0.25, 0.3) is 0 Å². The SMILES string of the molecule is CCc1nn(S(C)(=O)=O)c(CC)c1CCOCCc1c(CC)nn(S(C)(=O)=O)c1CC. The van der Waals surface area contributed by atoms with E-state index in [0.717, 1.165) is 43.2 Å². The summed E-state index contributed by atoms with van der Waals surface area (Å²) < 4.78 is 56.3. The maximum atomic E-state index is 12.0. The molecule has 0 bridgehead atoms. The Morgan fingerprint density at radius 2 is 1.03 bits per heavy atom. The van der Waals surface area contributed by atoms with Crippen LogP contribution in [0.3, 0.4) is 0 Å². The Morgan fingerprint density at radius 1 is 0.677 bits per heavy atom. The highest BCUT2D eigenvalue weighted by molar-refractivity contribution is 7.89.